The first kappa shape index (κ1) is 33.8. The predicted octanol–water partition coefficient (Wildman–Crippen LogP) is 4.74. The van der Waals surface area contributed by atoms with Crippen LogP contribution in [0.5, 0.6) is 0 Å². The molecule has 0 saturated carbocycles. The topological polar surface area (TPSA) is 105 Å². The third-order valence-corrected chi connectivity index (χ3v) is 7.34. The van der Waals surface area contributed by atoms with E-state index < -0.39 is 12.1 Å². The maximum absolute atomic E-state index is 13.8. The monoisotopic (exact) mass is 567 g/mol. The van der Waals surface area contributed by atoms with Gasteiger partial charge < -0.3 is 20.3 Å². The van der Waals surface area contributed by atoms with Gasteiger partial charge in [-0.25, -0.2) is 0 Å². The number of hydrogen-bond donors (Lipinski definition) is 2. The Hall–Kier alpha value is -3.42. The Balaban J connectivity index is 2.09. The number of likely N-dealkylation sites (tertiary alicyclic amines) is 1. The van der Waals surface area contributed by atoms with E-state index in [0.717, 1.165) is 37.7 Å². The van der Waals surface area contributed by atoms with Crippen LogP contribution in [0.15, 0.2) is 55.6 Å². The molecule has 0 spiro atoms. The molecule has 0 aliphatic carbocycles. The van der Waals surface area contributed by atoms with Crippen molar-refractivity contribution >= 4 is 23.7 Å². The number of rotatable bonds is 18. The summed E-state index contributed by atoms with van der Waals surface area (Å²) in [5.74, 6) is -1.63. The summed E-state index contributed by atoms with van der Waals surface area (Å²) < 4.78 is 5.49. The van der Waals surface area contributed by atoms with Crippen molar-refractivity contribution in [2.24, 2.45) is 11.8 Å². The standard InChI is InChI=1S/C33H49N3O5/c1-5-7-9-14-20-29(37)35-30(25(3)4)31(38)34-28(23-26-17-12-11-13-18-26)32(39)36-21-16-19-27(24-36)33(40)41-22-15-10-8-6-2/h5-6,11-13,17-18,25,27-28,30H,1-2,7-10,14-16,19-24H2,3-4H3,(H,34,38)(H,35,37)/t27-,28+,30+/m1/s1. The average Bonchev–Trinajstić information content (AvgIpc) is 2.97. The third kappa shape index (κ3) is 12.3. The number of carbonyl (C=O) groups is 4. The largest absolute Gasteiger partial charge is 0.465 e. The van der Waals surface area contributed by atoms with Gasteiger partial charge >= 0.3 is 5.97 Å². The fraction of sp³-hybridized carbons (Fsp3) is 0.576. The molecule has 0 aromatic heterocycles. The van der Waals surface area contributed by atoms with Crippen LogP contribution < -0.4 is 10.6 Å². The van der Waals surface area contributed by atoms with E-state index in [9.17, 15) is 19.2 Å². The molecular formula is C33H49N3O5. The highest BCUT2D eigenvalue weighted by atomic mass is 16.5. The van der Waals surface area contributed by atoms with Crippen LogP contribution in [0, 0.1) is 11.8 Å². The Labute approximate surface area is 246 Å². The molecule has 41 heavy (non-hydrogen) atoms. The van der Waals surface area contributed by atoms with Crippen LogP contribution >= 0.6 is 0 Å². The lowest BCUT2D eigenvalue weighted by atomic mass is 9.96. The zero-order valence-electron chi connectivity index (χ0n) is 24.9. The van der Waals surface area contributed by atoms with Crippen molar-refractivity contribution in [3.05, 3.63) is 61.2 Å². The van der Waals surface area contributed by atoms with Gasteiger partial charge in [0, 0.05) is 25.9 Å². The van der Waals surface area contributed by atoms with Gasteiger partial charge in [0.15, 0.2) is 0 Å². The molecule has 3 amide bonds. The number of esters is 1. The van der Waals surface area contributed by atoms with E-state index in [4.69, 9.17) is 4.74 Å². The van der Waals surface area contributed by atoms with Gasteiger partial charge in [-0.2, -0.15) is 0 Å². The Morgan fingerprint density at radius 1 is 1.00 bits per heavy atom. The van der Waals surface area contributed by atoms with Crippen LogP contribution in [0.4, 0.5) is 0 Å². The van der Waals surface area contributed by atoms with Crippen molar-refractivity contribution < 1.29 is 23.9 Å². The quantitative estimate of drug-likeness (QED) is 0.152. The maximum atomic E-state index is 13.8. The first-order valence-corrected chi connectivity index (χ1v) is 15.1. The molecule has 1 saturated heterocycles. The molecule has 0 bridgehead atoms. The highest BCUT2D eigenvalue weighted by Gasteiger charge is 2.35. The summed E-state index contributed by atoms with van der Waals surface area (Å²) >= 11 is 0. The number of nitrogens with one attached hydrogen (secondary N) is 2. The normalized spacial score (nSPS) is 16.4. The van der Waals surface area contributed by atoms with Gasteiger partial charge in [0.1, 0.15) is 12.1 Å². The van der Waals surface area contributed by atoms with Gasteiger partial charge in [0.2, 0.25) is 17.7 Å². The van der Waals surface area contributed by atoms with Gasteiger partial charge in [-0.3, -0.25) is 19.2 Å². The van der Waals surface area contributed by atoms with Gasteiger partial charge in [0.05, 0.1) is 12.5 Å². The zero-order chi connectivity index (χ0) is 30.0. The molecule has 8 heteroatoms. The van der Waals surface area contributed by atoms with E-state index in [1.165, 1.54) is 0 Å². The van der Waals surface area contributed by atoms with Crippen molar-refractivity contribution in [3.63, 3.8) is 0 Å². The van der Waals surface area contributed by atoms with E-state index in [1.807, 2.05) is 56.3 Å². The van der Waals surface area contributed by atoms with Crippen LogP contribution in [-0.4, -0.2) is 60.4 Å². The smallest absolute Gasteiger partial charge is 0.310 e. The van der Waals surface area contributed by atoms with Gasteiger partial charge in [-0.15, -0.1) is 13.2 Å². The number of hydrogen-bond acceptors (Lipinski definition) is 5. The van der Waals surface area contributed by atoms with E-state index in [1.54, 1.807) is 4.90 Å². The summed E-state index contributed by atoms with van der Waals surface area (Å²) in [6.45, 7) is 12.3. The molecule has 1 aromatic carbocycles. The fourth-order valence-corrected chi connectivity index (χ4v) is 4.94. The lowest BCUT2D eigenvalue weighted by molar-refractivity contribution is -0.152. The number of benzene rings is 1. The molecule has 1 aliphatic heterocycles. The SMILES string of the molecule is C=CCCCCOC(=O)[C@@H]1CCCN(C(=O)[C@H](Cc2ccccc2)NC(=O)[C@@H](NC(=O)CCCCC=C)C(C)C)C1. The summed E-state index contributed by atoms with van der Waals surface area (Å²) in [5.41, 5.74) is 0.908. The molecule has 8 nitrogen and oxygen atoms in total. The van der Waals surface area contributed by atoms with E-state index in [2.05, 4.69) is 23.8 Å². The summed E-state index contributed by atoms with van der Waals surface area (Å²) in [6.07, 6.45) is 10.7. The average molecular weight is 568 g/mol. The van der Waals surface area contributed by atoms with E-state index >= 15 is 0 Å². The Morgan fingerprint density at radius 2 is 1.68 bits per heavy atom. The predicted molar refractivity (Wildman–Crippen MR) is 162 cm³/mol. The van der Waals surface area contributed by atoms with Crippen molar-refractivity contribution in [2.45, 2.75) is 90.1 Å². The van der Waals surface area contributed by atoms with Crippen molar-refractivity contribution in [3.8, 4) is 0 Å². The number of piperidine rings is 1. The molecule has 1 heterocycles. The molecule has 3 atom stereocenters. The minimum Gasteiger partial charge on any atom is -0.465 e. The van der Waals surface area contributed by atoms with Gasteiger partial charge in [0.25, 0.3) is 0 Å². The Bertz CT molecular complexity index is 994. The third-order valence-electron chi connectivity index (χ3n) is 7.34. The van der Waals surface area contributed by atoms with E-state index in [-0.39, 0.29) is 42.1 Å². The summed E-state index contributed by atoms with van der Waals surface area (Å²) in [7, 11) is 0. The highest BCUT2D eigenvalue weighted by molar-refractivity contribution is 5.92. The zero-order valence-corrected chi connectivity index (χ0v) is 24.9. The number of carbonyl (C=O) groups excluding carboxylic acids is 4. The number of amides is 3. The second-order valence-corrected chi connectivity index (χ2v) is 11.1. The van der Waals surface area contributed by atoms with Crippen LogP contribution in [0.3, 0.4) is 0 Å². The molecule has 0 unspecified atom stereocenters. The number of unbranched alkanes of at least 4 members (excludes halogenated alkanes) is 4. The van der Waals surface area contributed by atoms with Crippen molar-refractivity contribution in [1.82, 2.24) is 15.5 Å². The summed E-state index contributed by atoms with van der Waals surface area (Å²) in [5, 5.41) is 5.81. The molecule has 2 N–H and O–H groups in total. The first-order valence-electron chi connectivity index (χ1n) is 15.1. The van der Waals surface area contributed by atoms with Crippen LogP contribution in [0.25, 0.3) is 0 Å². The lowest BCUT2D eigenvalue weighted by Gasteiger charge is -2.35. The van der Waals surface area contributed by atoms with E-state index in [0.29, 0.717) is 45.3 Å². The Morgan fingerprint density at radius 3 is 2.34 bits per heavy atom. The van der Waals surface area contributed by atoms with Crippen molar-refractivity contribution in [2.75, 3.05) is 19.7 Å². The fourth-order valence-electron chi connectivity index (χ4n) is 4.94. The lowest BCUT2D eigenvalue weighted by Crippen LogP contribution is -2.57. The molecule has 1 fully saturated rings. The summed E-state index contributed by atoms with van der Waals surface area (Å²) in [6, 6.07) is 7.92. The molecule has 1 aliphatic rings. The highest BCUT2D eigenvalue weighted by Crippen LogP contribution is 2.20. The Kier molecular flexibility index (Phi) is 15.5. The second-order valence-electron chi connectivity index (χ2n) is 11.1. The number of allylic oxidation sites excluding steroid dienone is 2. The van der Waals surface area contributed by atoms with Crippen LogP contribution in [0.1, 0.15) is 77.2 Å². The molecule has 0 radical (unpaired) electrons. The molecule has 226 valence electrons. The number of nitrogens with zero attached hydrogens (tertiary/aromatic N) is 1. The van der Waals surface area contributed by atoms with Gasteiger partial charge in [-0.05, 0) is 62.8 Å². The van der Waals surface area contributed by atoms with Crippen molar-refractivity contribution in [1.29, 1.82) is 0 Å². The molecule has 1 aromatic rings. The molecule has 2 rings (SSSR count). The van der Waals surface area contributed by atoms with Crippen LogP contribution in [-0.2, 0) is 30.3 Å². The minimum absolute atomic E-state index is 0.166. The minimum atomic E-state index is -0.829. The van der Waals surface area contributed by atoms with Gasteiger partial charge in [-0.1, -0.05) is 56.3 Å². The van der Waals surface area contributed by atoms with Crippen LogP contribution in [0.2, 0.25) is 0 Å². The maximum Gasteiger partial charge on any atom is 0.310 e. The first-order chi connectivity index (χ1) is 19.8. The second kappa shape index (κ2) is 18.8. The summed E-state index contributed by atoms with van der Waals surface area (Å²) in [4.78, 5) is 54.2. The molecular weight excluding hydrogens is 518 g/mol. The number of ether oxygens (including phenoxy) is 1.